The maximum Gasteiger partial charge on any atom is 0.0426 e. The van der Waals surface area contributed by atoms with Crippen molar-refractivity contribution < 1.29 is 0 Å². The molecule has 0 unspecified atom stereocenters. The Morgan fingerprint density at radius 2 is 1.95 bits per heavy atom. The van der Waals surface area contributed by atoms with E-state index < -0.39 is 0 Å². The summed E-state index contributed by atoms with van der Waals surface area (Å²) < 4.78 is 0. The molecule has 0 bridgehead atoms. The molecule has 0 aliphatic rings. The number of nitrogens with one attached hydrogen (secondary N) is 1. The second kappa shape index (κ2) is 8.01. The van der Waals surface area contributed by atoms with Crippen LogP contribution in [0.4, 0.5) is 5.69 Å². The molecule has 4 heteroatoms. The van der Waals surface area contributed by atoms with Crippen molar-refractivity contribution in [1.29, 1.82) is 0 Å². The van der Waals surface area contributed by atoms with Gasteiger partial charge in [-0.2, -0.15) is 0 Å². The summed E-state index contributed by atoms with van der Waals surface area (Å²) in [5.41, 5.74) is 3.77. The molecule has 0 saturated carbocycles. The Morgan fingerprint density at radius 1 is 1.19 bits per heavy atom. The number of likely N-dealkylation sites (N-methyl/N-ethyl adjacent to an activating group) is 1. The van der Waals surface area contributed by atoms with Crippen LogP contribution in [0.2, 0.25) is 5.02 Å². The highest BCUT2D eigenvalue weighted by Gasteiger charge is 2.08. The molecule has 0 amide bonds. The molecular formula is C17H22ClN3. The largest absolute Gasteiger partial charge is 0.374 e. The average Bonchev–Trinajstić information content (AvgIpc) is 2.52. The van der Waals surface area contributed by atoms with Crippen LogP contribution < -0.4 is 10.2 Å². The normalized spacial score (nSPS) is 10.6. The van der Waals surface area contributed by atoms with Crippen molar-refractivity contribution in [2.24, 2.45) is 0 Å². The first-order valence-corrected chi connectivity index (χ1v) is 7.67. The van der Waals surface area contributed by atoms with Crippen LogP contribution in [0.15, 0.2) is 42.7 Å². The van der Waals surface area contributed by atoms with Crippen LogP contribution in [0.3, 0.4) is 0 Å². The van der Waals surface area contributed by atoms with Gasteiger partial charge in [-0.1, -0.05) is 24.6 Å². The van der Waals surface area contributed by atoms with Crippen molar-refractivity contribution in [3.05, 3.63) is 58.9 Å². The maximum atomic E-state index is 6.16. The third kappa shape index (κ3) is 4.73. The molecule has 112 valence electrons. The maximum absolute atomic E-state index is 6.16. The van der Waals surface area contributed by atoms with E-state index >= 15 is 0 Å². The highest BCUT2D eigenvalue weighted by Crippen LogP contribution is 2.24. The van der Waals surface area contributed by atoms with Gasteiger partial charge in [0.15, 0.2) is 0 Å². The number of hydrogen-bond acceptors (Lipinski definition) is 3. The van der Waals surface area contributed by atoms with Crippen molar-refractivity contribution in [2.45, 2.75) is 19.9 Å². The molecule has 0 radical (unpaired) electrons. The summed E-state index contributed by atoms with van der Waals surface area (Å²) >= 11 is 6.16. The molecule has 1 aromatic heterocycles. The fraction of sp³-hybridized carbons (Fsp3) is 0.353. The number of anilines is 1. The summed E-state index contributed by atoms with van der Waals surface area (Å²) in [5.74, 6) is 0. The first-order chi connectivity index (χ1) is 10.2. The molecule has 0 aliphatic carbocycles. The summed E-state index contributed by atoms with van der Waals surface area (Å²) in [6.07, 6.45) is 4.67. The van der Waals surface area contributed by atoms with Gasteiger partial charge < -0.3 is 10.2 Å². The van der Waals surface area contributed by atoms with E-state index in [2.05, 4.69) is 47.4 Å². The van der Waals surface area contributed by atoms with Gasteiger partial charge in [0.05, 0.1) is 0 Å². The monoisotopic (exact) mass is 303 g/mol. The number of benzene rings is 1. The Bertz CT molecular complexity index is 557. The van der Waals surface area contributed by atoms with Gasteiger partial charge in [0.1, 0.15) is 0 Å². The Morgan fingerprint density at radius 3 is 2.67 bits per heavy atom. The minimum absolute atomic E-state index is 0.779. The fourth-order valence-corrected chi connectivity index (χ4v) is 2.43. The highest BCUT2D eigenvalue weighted by molar-refractivity contribution is 6.30. The lowest BCUT2D eigenvalue weighted by Crippen LogP contribution is -2.23. The van der Waals surface area contributed by atoms with Gasteiger partial charge in [-0.15, -0.1) is 0 Å². The van der Waals surface area contributed by atoms with Crippen LogP contribution in [0.1, 0.15) is 18.1 Å². The quantitative estimate of drug-likeness (QED) is 0.848. The molecule has 0 saturated heterocycles. The summed E-state index contributed by atoms with van der Waals surface area (Å²) in [6.45, 7) is 4.89. The minimum atomic E-state index is 0.779. The molecule has 3 nitrogen and oxygen atoms in total. The summed E-state index contributed by atoms with van der Waals surface area (Å²) in [4.78, 5) is 6.31. The van der Waals surface area contributed by atoms with Crippen molar-refractivity contribution in [3.8, 4) is 0 Å². The molecule has 21 heavy (non-hydrogen) atoms. The van der Waals surface area contributed by atoms with Crippen LogP contribution >= 0.6 is 11.6 Å². The van der Waals surface area contributed by atoms with Crippen LogP contribution in [-0.4, -0.2) is 25.1 Å². The number of halogens is 1. The van der Waals surface area contributed by atoms with Crippen molar-refractivity contribution in [2.75, 3.05) is 25.0 Å². The molecule has 1 N–H and O–H groups in total. The Labute approximate surface area is 132 Å². The number of rotatable bonds is 7. The number of pyridine rings is 1. The minimum Gasteiger partial charge on any atom is -0.374 e. The fourth-order valence-electron chi connectivity index (χ4n) is 2.27. The average molecular weight is 304 g/mol. The summed E-state index contributed by atoms with van der Waals surface area (Å²) in [7, 11) is 2.11. The third-order valence-electron chi connectivity index (χ3n) is 3.51. The van der Waals surface area contributed by atoms with E-state index in [1.54, 1.807) is 0 Å². The van der Waals surface area contributed by atoms with E-state index in [0.717, 1.165) is 31.1 Å². The molecule has 0 aliphatic heterocycles. The van der Waals surface area contributed by atoms with E-state index in [4.69, 9.17) is 11.6 Å². The zero-order chi connectivity index (χ0) is 15.1. The number of aromatic nitrogens is 1. The first-order valence-electron chi connectivity index (χ1n) is 7.30. The summed E-state index contributed by atoms with van der Waals surface area (Å²) in [5, 5.41) is 4.15. The van der Waals surface area contributed by atoms with E-state index in [1.807, 2.05) is 24.5 Å². The van der Waals surface area contributed by atoms with Gasteiger partial charge in [-0.25, -0.2) is 0 Å². The lowest BCUT2D eigenvalue weighted by atomic mass is 10.1. The van der Waals surface area contributed by atoms with Crippen molar-refractivity contribution >= 4 is 17.3 Å². The lowest BCUT2D eigenvalue weighted by molar-refractivity contribution is 0.722. The predicted molar refractivity (Wildman–Crippen MR) is 90.0 cm³/mol. The van der Waals surface area contributed by atoms with E-state index in [0.29, 0.717) is 0 Å². The van der Waals surface area contributed by atoms with Gasteiger partial charge in [0.25, 0.3) is 0 Å². The molecule has 2 rings (SSSR count). The molecule has 2 aromatic rings. The van der Waals surface area contributed by atoms with E-state index in [-0.39, 0.29) is 0 Å². The smallest absolute Gasteiger partial charge is 0.0426 e. The third-order valence-corrected chi connectivity index (χ3v) is 3.74. The standard InChI is InChI=1S/C17H22ClN3/c1-3-19-13-15-4-5-16(18)12-17(15)21(2)11-8-14-6-9-20-10-7-14/h4-7,9-10,12,19H,3,8,11,13H2,1-2H3. The predicted octanol–water partition coefficient (Wildman–Crippen LogP) is 3.52. The lowest BCUT2D eigenvalue weighted by Gasteiger charge is -2.23. The molecular weight excluding hydrogens is 282 g/mol. The van der Waals surface area contributed by atoms with Gasteiger partial charge in [0, 0.05) is 43.2 Å². The van der Waals surface area contributed by atoms with Gasteiger partial charge in [0.2, 0.25) is 0 Å². The Hall–Kier alpha value is -1.58. The van der Waals surface area contributed by atoms with Crippen LogP contribution in [0, 0.1) is 0 Å². The first kappa shape index (κ1) is 15.8. The SMILES string of the molecule is CCNCc1ccc(Cl)cc1N(C)CCc1ccncc1. The van der Waals surface area contributed by atoms with Crippen LogP contribution in [0.25, 0.3) is 0 Å². The molecule has 0 spiro atoms. The molecule has 1 heterocycles. The van der Waals surface area contributed by atoms with Gasteiger partial charge in [-0.3, -0.25) is 4.98 Å². The van der Waals surface area contributed by atoms with Gasteiger partial charge in [-0.05, 0) is 48.4 Å². The van der Waals surface area contributed by atoms with Crippen molar-refractivity contribution in [1.82, 2.24) is 10.3 Å². The molecule has 1 aromatic carbocycles. The number of nitrogens with zero attached hydrogens (tertiary/aromatic N) is 2. The summed E-state index contributed by atoms with van der Waals surface area (Å²) in [6, 6.07) is 10.2. The van der Waals surface area contributed by atoms with Crippen LogP contribution in [0.5, 0.6) is 0 Å². The zero-order valence-corrected chi connectivity index (χ0v) is 13.4. The van der Waals surface area contributed by atoms with E-state index in [9.17, 15) is 0 Å². The highest BCUT2D eigenvalue weighted by atomic mass is 35.5. The van der Waals surface area contributed by atoms with Crippen molar-refractivity contribution in [3.63, 3.8) is 0 Å². The second-order valence-electron chi connectivity index (χ2n) is 5.08. The Balaban J connectivity index is 2.06. The topological polar surface area (TPSA) is 28.2 Å². The molecule has 0 fully saturated rings. The van der Waals surface area contributed by atoms with Gasteiger partial charge >= 0.3 is 0 Å². The Kier molecular flexibility index (Phi) is 6.03. The van der Waals surface area contributed by atoms with E-state index in [1.165, 1.54) is 16.8 Å². The van der Waals surface area contributed by atoms with Crippen LogP contribution in [-0.2, 0) is 13.0 Å². The zero-order valence-electron chi connectivity index (χ0n) is 12.6. The molecule has 0 atom stereocenters. The second-order valence-corrected chi connectivity index (χ2v) is 5.52. The number of hydrogen-bond donors (Lipinski definition) is 1.